The Bertz CT molecular complexity index is 445. The number of hydrogen-bond acceptors (Lipinski definition) is 1. The summed E-state index contributed by atoms with van der Waals surface area (Å²) < 4.78 is 6.79. The molecule has 0 aliphatic rings. The molecule has 0 spiro atoms. The standard InChI is InChI=1S/C13H11O.ClH.Mg/c1-11-7-5-6-10-13(11)14-12-8-3-2-4-9-12;;/h2-10H,1H2;1H;/q;;+1/p-1. The number of benzene rings is 2. The highest BCUT2D eigenvalue weighted by atomic mass is 35.5. The lowest BCUT2D eigenvalue weighted by atomic mass is 10.2. The van der Waals surface area contributed by atoms with Gasteiger partial charge in [-0.05, 0) is 23.8 Å². The minimum atomic E-state index is -0.503. The van der Waals surface area contributed by atoms with E-state index in [2.05, 4.69) is 6.07 Å². The van der Waals surface area contributed by atoms with Crippen LogP contribution < -0.4 is 4.74 Å². The summed E-state index contributed by atoms with van der Waals surface area (Å²) in [4.78, 5) is 0. The van der Waals surface area contributed by atoms with Gasteiger partial charge in [0.05, 0.1) is 0 Å². The Morgan fingerprint density at radius 2 is 1.62 bits per heavy atom. The summed E-state index contributed by atoms with van der Waals surface area (Å²) in [7, 11) is 5.89. The van der Waals surface area contributed by atoms with Crippen molar-refractivity contribution >= 4 is 28.3 Å². The van der Waals surface area contributed by atoms with E-state index >= 15 is 0 Å². The predicted octanol–water partition coefficient (Wildman–Crippen LogP) is 3.84. The van der Waals surface area contributed by atoms with Gasteiger partial charge in [-0.25, -0.2) is 0 Å². The van der Waals surface area contributed by atoms with E-state index in [9.17, 15) is 0 Å². The molecule has 2 rings (SSSR count). The first kappa shape index (κ1) is 11.8. The summed E-state index contributed by atoms with van der Waals surface area (Å²) >= 11 is -0.503. The molecule has 0 radical (unpaired) electrons. The lowest BCUT2D eigenvalue weighted by Crippen LogP contribution is -1.94. The van der Waals surface area contributed by atoms with Gasteiger partial charge in [0.2, 0.25) is 0 Å². The third-order valence-corrected chi connectivity index (χ3v) is 3.60. The second-order valence-corrected chi connectivity index (χ2v) is 5.47. The molecule has 0 unspecified atom stereocenters. The average molecular weight is 243 g/mol. The summed E-state index contributed by atoms with van der Waals surface area (Å²) in [5, 5.41) is 0. The quantitative estimate of drug-likeness (QED) is 0.741. The van der Waals surface area contributed by atoms with Crippen LogP contribution in [0.4, 0.5) is 0 Å². The Hall–Kier alpha value is -0.704. The van der Waals surface area contributed by atoms with Gasteiger partial charge in [0.25, 0.3) is 0 Å². The zero-order valence-corrected chi connectivity index (χ0v) is 11.1. The van der Waals surface area contributed by atoms with Gasteiger partial charge < -0.3 is 13.8 Å². The van der Waals surface area contributed by atoms with Crippen molar-refractivity contribution < 1.29 is 4.74 Å². The van der Waals surface area contributed by atoms with E-state index in [1.807, 2.05) is 48.5 Å². The van der Waals surface area contributed by atoms with E-state index in [4.69, 9.17) is 13.8 Å². The van der Waals surface area contributed by atoms with Gasteiger partial charge in [-0.15, -0.1) is 0 Å². The molecule has 2 aromatic rings. The summed E-state index contributed by atoms with van der Waals surface area (Å²) in [6.07, 6.45) is 0. The Balaban J connectivity index is 2.21. The van der Waals surface area contributed by atoms with Crippen molar-refractivity contribution in [2.75, 3.05) is 0 Å². The average Bonchev–Trinajstić information content (AvgIpc) is 2.33. The number of ether oxygens (including phenoxy) is 1. The molecule has 0 atom stereocenters. The van der Waals surface area contributed by atoms with Crippen molar-refractivity contribution in [2.24, 2.45) is 0 Å². The van der Waals surface area contributed by atoms with E-state index in [-0.39, 0.29) is 0 Å². The number of hydrogen-bond donors (Lipinski definition) is 0. The molecule has 0 saturated carbocycles. The fraction of sp³-hybridized carbons (Fsp3) is 0.0769. The molecule has 0 aliphatic carbocycles. The highest BCUT2D eigenvalue weighted by Gasteiger charge is 2.04. The molecule has 16 heavy (non-hydrogen) atoms. The molecule has 0 fully saturated rings. The van der Waals surface area contributed by atoms with Crippen LogP contribution >= 0.6 is 9.07 Å². The van der Waals surface area contributed by atoms with Crippen LogP contribution in [0, 0.1) is 0 Å². The molecular weight excluding hydrogens is 232 g/mol. The van der Waals surface area contributed by atoms with E-state index in [0.29, 0.717) is 0 Å². The zero-order chi connectivity index (χ0) is 11.2. The van der Waals surface area contributed by atoms with Gasteiger partial charge in [0.1, 0.15) is 11.5 Å². The topological polar surface area (TPSA) is 9.23 Å². The molecule has 2 aromatic carbocycles. The third-order valence-electron chi connectivity index (χ3n) is 2.31. The molecule has 0 heterocycles. The molecule has 0 saturated heterocycles. The fourth-order valence-corrected chi connectivity index (χ4v) is 2.75. The summed E-state index contributed by atoms with van der Waals surface area (Å²) in [6, 6.07) is 17.9. The maximum atomic E-state index is 5.89. The molecule has 3 heteroatoms. The number of halogens is 1. The lowest BCUT2D eigenvalue weighted by Gasteiger charge is -2.09. The molecule has 0 amide bonds. The first-order chi connectivity index (χ1) is 7.90. The summed E-state index contributed by atoms with van der Waals surface area (Å²) in [6.45, 7) is 0. The van der Waals surface area contributed by atoms with Crippen molar-refractivity contribution in [2.45, 2.75) is 4.55 Å². The number of rotatable bonds is 4. The molecule has 0 N–H and O–H groups in total. The van der Waals surface area contributed by atoms with Crippen LogP contribution in [-0.4, -0.2) is 19.3 Å². The van der Waals surface area contributed by atoms with Crippen LogP contribution in [0.1, 0.15) is 5.56 Å². The molecule has 1 nitrogen and oxygen atoms in total. The molecule has 0 bridgehead atoms. The SMILES string of the molecule is [Cl][Mg][CH2]c1ccccc1Oc1ccccc1. The van der Waals surface area contributed by atoms with Gasteiger partial charge in [0.15, 0.2) is 0 Å². The van der Waals surface area contributed by atoms with Crippen molar-refractivity contribution in [3.05, 3.63) is 60.2 Å². The smallest absolute Gasteiger partial charge is 0.457 e. The van der Waals surface area contributed by atoms with Crippen molar-refractivity contribution in [3.63, 3.8) is 0 Å². The Kier molecular flexibility index (Phi) is 4.51. The van der Waals surface area contributed by atoms with Gasteiger partial charge in [0, 0.05) is 0 Å². The lowest BCUT2D eigenvalue weighted by molar-refractivity contribution is 0.478. The summed E-state index contributed by atoms with van der Waals surface area (Å²) in [5.74, 6) is 1.79. The van der Waals surface area contributed by atoms with Crippen LogP contribution in [0.2, 0.25) is 0 Å². The van der Waals surface area contributed by atoms with Gasteiger partial charge in [-0.3, -0.25) is 0 Å². The van der Waals surface area contributed by atoms with Crippen LogP contribution in [-0.2, 0) is 4.55 Å². The normalized spacial score (nSPS) is 9.56. The van der Waals surface area contributed by atoms with Gasteiger partial charge >= 0.3 is 19.3 Å². The molecule has 0 aliphatic heterocycles. The minimum absolute atomic E-state index is 0.503. The second-order valence-electron chi connectivity index (χ2n) is 3.46. The maximum Gasteiger partial charge on any atom is 0.505 e. The van der Waals surface area contributed by atoms with Gasteiger partial charge in [-0.2, -0.15) is 0 Å². The van der Waals surface area contributed by atoms with Crippen LogP contribution in [0.25, 0.3) is 0 Å². The minimum Gasteiger partial charge on any atom is -0.457 e. The fourth-order valence-electron chi connectivity index (χ4n) is 1.53. The Labute approximate surface area is 109 Å². The van der Waals surface area contributed by atoms with Crippen LogP contribution in [0.3, 0.4) is 0 Å². The predicted molar refractivity (Wildman–Crippen MR) is 68.3 cm³/mol. The highest BCUT2D eigenvalue weighted by Crippen LogP contribution is 2.25. The Morgan fingerprint density at radius 3 is 2.38 bits per heavy atom. The van der Waals surface area contributed by atoms with Crippen LogP contribution in [0.15, 0.2) is 54.6 Å². The van der Waals surface area contributed by atoms with Gasteiger partial charge in [-0.1, -0.05) is 40.9 Å². The highest BCUT2D eigenvalue weighted by molar-refractivity contribution is 6.93. The van der Waals surface area contributed by atoms with Crippen LogP contribution in [0.5, 0.6) is 11.5 Å². The summed E-state index contributed by atoms with van der Waals surface area (Å²) in [5.41, 5.74) is 1.20. The first-order valence-corrected chi connectivity index (χ1v) is 8.41. The van der Waals surface area contributed by atoms with E-state index in [1.54, 1.807) is 0 Å². The third kappa shape index (κ3) is 3.14. The largest absolute Gasteiger partial charge is 0.505 e. The van der Waals surface area contributed by atoms with E-state index in [0.717, 1.165) is 16.0 Å². The van der Waals surface area contributed by atoms with E-state index in [1.165, 1.54) is 5.56 Å². The second kappa shape index (κ2) is 6.14. The molecule has 78 valence electrons. The molecular formula is C13H11ClMgO. The van der Waals surface area contributed by atoms with E-state index < -0.39 is 19.3 Å². The van der Waals surface area contributed by atoms with Crippen molar-refractivity contribution in [1.82, 2.24) is 0 Å². The molecule has 0 aromatic heterocycles. The zero-order valence-electron chi connectivity index (χ0n) is 8.90. The van der Waals surface area contributed by atoms with Crippen molar-refractivity contribution in [1.29, 1.82) is 0 Å². The Morgan fingerprint density at radius 1 is 0.938 bits per heavy atom. The monoisotopic (exact) mass is 242 g/mol. The maximum absolute atomic E-state index is 5.89. The number of para-hydroxylation sites is 2. The van der Waals surface area contributed by atoms with Crippen molar-refractivity contribution in [3.8, 4) is 11.5 Å². The first-order valence-electron chi connectivity index (χ1n) is 5.27.